The Kier molecular flexibility index (Phi) is 19.6. The second kappa shape index (κ2) is 21.9. The van der Waals surface area contributed by atoms with E-state index in [0.717, 1.165) is 60.0 Å². The summed E-state index contributed by atoms with van der Waals surface area (Å²) in [6.07, 6.45) is 6.53. The van der Waals surface area contributed by atoms with Crippen LogP contribution in [0.5, 0.6) is 0 Å². The summed E-state index contributed by atoms with van der Waals surface area (Å²) >= 11 is 0. The lowest BCUT2D eigenvalue weighted by Gasteiger charge is -2.17. The molecule has 7 heteroatoms. The molecule has 0 aromatic heterocycles. The van der Waals surface area contributed by atoms with Gasteiger partial charge in [0.2, 0.25) is 0 Å². The molecule has 0 atom stereocenters. The molecule has 0 radical (unpaired) electrons. The lowest BCUT2D eigenvalue weighted by molar-refractivity contribution is 0.333. The molecular weight excluding hydrogens is 541 g/mol. The van der Waals surface area contributed by atoms with E-state index in [1.165, 1.54) is 22.9 Å². The average molecular weight is 598 g/mol. The first kappa shape index (κ1) is 39.3. The van der Waals surface area contributed by atoms with Crippen molar-refractivity contribution >= 4 is 43.4 Å². The molecule has 0 aliphatic carbocycles. The summed E-state index contributed by atoms with van der Waals surface area (Å²) in [6, 6.07) is 24.1. The minimum absolute atomic E-state index is 0.208. The van der Waals surface area contributed by atoms with Crippen LogP contribution in [0.2, 0.25) is 13.1 Å². The fourth-order valence-electron chi connectivity index (χ4n) is 4.24. The third kappa shape index (κ3) is 16.4. The van der Waals surface area contributed by atoms with Gasteiger partial charge in [-0.2, -0.15) is 0 Å². The molecule has 0 saturated carbocycles. The minimum Gasteiger partial charge on any atom is -0.538 e. The molecule has 0 bridgehead atoms. The van der Waals surface area contributed by atoms with Gasteiger partial charge in [0.05, 0.1) is 12.9 Å². The Morgan fingerprint density at radius 1 is 0.636 bits per heavy atom. The Morgan fingerprint density at radius 2 is 1.11 bits per heavy atom. The monoisotopic (exact) mass is 598 g/mol. The van der Waals surface area contributed by atoms with Crippen molar-refractivity contribution in [3.05, 3.63) is 95.7 Å². The Bertz CT molecular complexity index is 1190. The summed E-state index contributed by atoms with van der Waals surface area (Å²) < 4.78 is 10.3. The highest BCUT2D eigenvalue weighted by molar-refractivity contribution is 6.67. The summed E-state index contributed by atoms with van der Waals surface area (Å²) in [5, 5.41) is 18.8. The standard InChI is InChI=1S/C9H11BO.C8H7BO2.C8H9BO.3C4H10/c11-10-7-3-5-8-4-1-2-6-9(8)10;10-9-8-4-2-1-3-7(8)5-6-11-9;1-9-8-5-3-2-4-7(8)6-10-9;3*1-4(2)3/h1-2,4,6,11H,3,5,7H2;1-6,10H;2-5H,6H2,1H3;3*4H,1-3H3. The van der Waals surface area contributed by atoms with E-state index < -0.39 is 7.12 Å². The number of hydrogen-bond donors (Lipinski definition) is 2. The molecule has 3 aromatic carbocycles. The summed E-state index contributed by atoms with van der Waals surface area (Å²) in [4.78, 5) is 0. The highest BCUT2D eigenvalue weighted by atomic mass is 16.5. The molecule has 3 aliphatic rings. The molecule has 6 rings (SSSR count). The number of aryl methyl sites for hydroxylation is 1. The highest BCUT2D eigenvalue weighted by Crippen LogP contribution is 2.12. The van der Waals surface area contributed by atoms with E-state index in [-0.39, 0.29) is 6.92 Å². The maximum absolute atomic E-state index is 9.56. The SMILES string of the molecule is CB1OCc2ccccc21.CC(C)C.CC(C)C.CC(C)C.OB1CCCc2ccccc21.OB1OC=Cc2ccccc21. The zero-order chi connectivity index (χ0) is 33.1. The predicted octanol–water partition coefficient (Wildman–Crippen LogP) is 7.23. The molecule has 238 valence electrons. The van der Waals surface area contributed by atoms with Gasteiger partial charge in [-0.1, -0.05) is 154 Å². The van der Waals surface area contributed by atoms with E-state index >= 15 is 0 Å². The van der Waals surface area contributed by atoms with Crippen LogP contribution in [0.25, 0.3) is 6.08 Å². The van der Waals surface area contributed by atoms with Gasteiger partial charge in [0.1, 0.15) is 0 Å². The van der Waals surface area contributed by atoms with E-state index in [2.05, 4.69) is 99.5 Å². The highest BCUT2D eigenvalue weighted by Gasteiger charge is 2.23. The van der Waals surface area contributed by atoms with Crippen molar-refractivity contribution in [1.29, 1.82) is 0 Å². The molecule has 4 nitrogen and oxygen atoms in total. The molecule has 0 spiro atoms. The smallest absolute Gasteiger partial charge is 0.538 e. The first-order chi connectivity index (χ1) is 20.8. The van der Waals surface area contributed by atoms with Gasteiger partial charge in [0.25, 0.3) is 0 Å². The summed E-state index contributed by atoms with van der Waals surface area (Å²) in [5.74, 6) is 2.50. The Balaban J connectivity index is 0.000000281. The quantitative estimate of drug-likeness (QED) is 0.268. The number of fused-ring (bicyclic) bond motifs is 3. The second-order valence-corrected chi connectivity index (χ2v) is 13.4. The van der Waals surface area contributed by atoms with Gasteiger partial charge in [0, 0.05) is 5.46 Å². The summed E-state index contributed by atoms with van der Waals surface area (Å²) in [6.45, 7) is 22.5. The van der Waals surface area contributed by atoms with Crippen LogP contribution in [0, 0.1) is 17.8 Å². The van der Waals surface area contributed by atoms with E-state index in [1.807, 2.05) is 48.5 Å². The topological polar surface area (TPSA) is 58.9 Å². The molecule has 2 N–H and O–H groups in total. The van der Waals surface area contributed by atoms with Crippen LogP contribution in [0.4, 0.5) is 0 Å². The van der Waals surface area contributed by atoms with Crippen molar-refractivity contribution in [3.63, 3.8) is 0 Å². The van der Waals surface area contributed by atoms with Gasteiger partial charge in [-0.15, -0.1) is 0 Å². The molecular formula is C37H57B3O4. The van der Waals surface area contributed by atoms with Crippen molar-refractivity contribution in [2.75, 3.05) is 0 Å². The minimum atomic E-state index is -0.795. The van der Waals surface area contributed by atoms with Crippen LogP contribution in [-0.4, -0.2) is 31.0 Å². The zero-order valence-electron chi connectivity index (χ0n) is 29.1. The van der Waals surface area contributed by atoms with Gasteiger partial charge >= 0.3 is 20.9 Å². The fraction of sp³-hybridized carbons (Fsp3) is 0.459. The Labute approximate surface area is 270 Å². The Hall–Kier alpha value is -2.73. The van der Waals surface area contributed by atoms with E-state index in [9.17, 15) is 10.0 Å². The molecule has 3 heterocycles. The third-order valence-electron chi connectivity index (χ3n) is 6.04. The summed E-state index contributed by atoms with van der Waals surface area (Å²) in [5.41, 5.74) is 7.00. The van der Waals surface area contributed by atoms with Crippen LogP contribution in [0.3, 0.4) is 0 Å². The molecule has 3 aromatic rings. The average Bonchev–Trinajstić information content (AvgIpc) is 3.34. The largest absolute Gasteiger partial charge is 0.560 e. The van der Waals surface area contributed by atoms with Gasteiger partial charge in [-0.05, 0) is 58.6 Å². The van der Waals surface area contributed by atoms with Crippen LogP contribution in [-0.2, 0) is 22.3 Å². The van der Waals surface area contributed by atoms with Gasteiger partial charge < -0.3 is 19.4 Å². The molecule has 0 fully saturated rings. The third-order valence-corrected chi connectivity index (χ3v) is 6.04. The first-order valence-corrected chi connectivity index (χ1v) is 16.4. The lowest BCUT2D eigenvalue weighted by Crippen LogP contribution is -2.36. The maximum atomic E-state index is 9.56. The maximum Gasteiger partial charge on any atom is 0.560 e. The zero-order valence-corrected chi connectivity index (χ0v) is 29.1. The number of hydrogen-bond acceptors (Lipinski definition) is 4. The van der Waals surface area contributed by atoms with Crippen LogP contribution in [0.15, 0.2) is 79.1 Å². The van der Waals surface area contributed by atoms with E-state index in [0.29, 0.717) is 6.92 Å². The van der Waals surface area contributed by atoms with Crippen molar-refractivity contribution in [3.8, 4) is 0 Å². The molecule has 3 aliphatic heterocycles. The molecule has 0 amide bonds. The molecule has 0 saturated heterocycles. The van der Waals surface area contributed by atoms with Gasteiger partial charge in [-0.3, -0.25) is 0 Å². The number of rotatable bonds is 0. The van der Waals surface area contributed by atoms with Crippen LogP contribution in [0.1, 0.15) is 85.4 Å². The fourth-order valence-corrected chi connectivity index (χ4v) is 4.24. The van der Waals surface area contributed by atoms with Crippen LogP contribution < -0.4 is 16.4 Å². The van der Waals surface area contributed by atoms with E-state index in [4.69, 9.17) is 9.31 Å². The van der Waals surface area contributed by atoms with Crippen molar-refractivity contribution in [2.45, 2.75) is 94.9 Å². The first-order valence-electron chi connectivity index (χ1n) is 16.4. The Morgan fingerprint density at radius 3 is 1.64 bits per heavy atom. The van der Waals surface area contributed by atoms with Crippen LogP contribution >= 0.6 is 0 Å². The van der Waals surface area contributed by atoms with Crippen molar-refractivity contribution in [1.82, 2.24) is 0 Å². The predicted molar refractivity (Wildman–Crippen MR) is 195 cm³/mol. The van der Waals surface area contributed by atoms with Crippen molar-refractivity contribution < 1.29 is 19.4 Å². The van der Waals surface area contributed by atoms with Gasteiger partial charge in [0.15, 0.2) is 0 Å². The normalized spacial score (nSPS) is 13.6. The second-order valence-electron chi connectivity index (χ2n) is 13.4. The van der Waals surface area contributed by atoms with Gasteiger partial charge in [-0.25, -0.2) is 0 Å². The molecule has 44 heavy (non-hydrogen) atoms. The summed E-state index contributed by atoms with van der Waals surface area (Å²) in [7, 11) is -0.795. The number of benzene rings is 3. The van der Waals surface area contributed by atoms with Crippen molar-refractivity contribution in [2.24, 2.45) is 17.8 Å². The lowest BCUT2D eigenvalue weighted by atomic mass is 9.53. The molecule has 0 unspecified atom stereocenters. The van der Waals surface area contributed by atoms with E-state index in [1.54, 1.807) is 0 Å².